The van der Waals surface area contributed by atoms with Crippen molar-refractivity contribution in [1.29, 1.82) is 0 Å². The summed E-state index contributed by atoms with van der Waals surface area (Å²) in [6.45, 7) is -0.224. The van der Waals surface area contributed by atoms with Crippen LogP contribution in [-0.2, 0) is 6.61 Å². The molecule has 2 rings (SSSR count). The summed E-state index contributed by atoms with van der Waals surface area (Å²) in [5.74, 6) is -3.19. The van der Waals surface area contributed by atoms with E-state index in [1.165, 1.54) is 12.3 Å². The Kier molecular flexibility index (Phi) is 3.27. The number of aromatic carboxylic acids is 1. The summed E-state index contributed by atoms with van der Waals surface area (Å²) < 4.78 is 35.8. The number of rotatable bonds is 4. The van der Waals surface area contributed by atoms with Crippen molar-refractivity contribution < 1.29 is 27.8 Å². The number of carboxylic acid groups (broad SMARTS) is 1. The highest BCUT2D eigenvalue weighted by molar-refractivity contribution is 5.86. The van der Waals surface area contributed by atoms with Gasteiger partial charge in [0.1, 0.15) is 12.4 Å². The smallest absolute Gasteiger partial charge is 0.372 e. The molecule has 0 atom stereocenters. The molecule has 0 saturated carbocycles. The highest BCUT2D eigenvalue weighted by Crippen LogP contribution is 2.20. The Hall–Kier alpha value is -2.37. The van der Waals surface area contributed by atoms with Crippen molar-refractivity contribution in [3.63, 3.8) is 0 Å². The first-order valence-corrected chi connectivity index (χ1v) is 4.95. The second-order valence-electron chi connectivity index (χ2n) is 3.44. The molecule has 1 aromatic heterocycles. The summed E-state index contributed by atoms with van der Waals surface area (Å²) >= 11 is 0. The van der Waals surface area contributed by atoms with Crippen LogP contribution in [-0.4, -0.2) is 11.1 Å². The minimum Gasteiger partial charge on any atom is -0.486 e. The second-order valence-corrected chi connectivity index (χ2v) is 3.44. The fraction of sp³-hybridized carbons (Fsp3) is 0.0833. The van der Waals surface area contributed by atoms with Crippen LogP contribution in [0.25, 0.3) is 0 Å². The third-order valence-corrected chi connectivity index (χ3v) is 2.22. The molecule has 1 heterocycles. The van der Waals surface area contributed by atoms with Gasteiger partial charge in [-0.2, -0.15) is 0 Å². The van der Waals surface area contributed by atoms with E-state index in [1.807, 2.05) is 0 Å². The van der Waals surface area contributed by atoms with Crippen LogP contribution in [0.1, 0.15) is 16.1 Å². The number of halogens is 2. The molecular formula is C12H8F2O4. The van der Waals surface area contributed by atoms with Crippen molar-refractivity contribution in [3.8, 4) is 5.75 Å². The molecule has 0 unspecified atom stereocenters. The van der Waals surface area contributed by atoms with Gasteiger partial charge in [0, 0.05) is 11.6 Å². The molecule has 0 aliphatic rings. The summed E-state index contributed by atoms with van der Waals surface area (Å²) in [7, 11) is 0. The van der Waals surface area contributed by atoms with E-state index in [4.69, 9.17) is 14.3 Å². The summed E-state index contributed by atoms with van der Waals surface area (Å²) in [6.07, 6.45) is 1.18. The molecule has 18 heavy (non-hydrogen) atoms. The average Bonchev–Trinajstić information content (AvgIpc) is 2.79. The Bertz CT molecular complexity index is 577. The number of carbonyl (C=O) groups is 1. The summed E-state index contributed by atoms with van der Waals surface area (Å²) in [5.41, 5.74) is 0.242. The van der Waals surface area contributed by atoms with Crippen molar-refractivity contribution in [1.82, 2.24) is 0 Å². The Morgan fingerprint density at radius 1 is 1.33 bits per heavy atom. The number of hydrogen-bond donors (Lipinski definition) is 1. The first kappa shape index (κ1) is 12.1. The lowest BCUT2D eigenvalue weighted by molar-refractivity contribution is 0.0658. The number of ether oxygens (including phenoxy) is 1. The van der Waals surface area contributed by atoms with Gasteiger partial charge in [0.05, 0.1) is 6.26 Å². The largest absolute Gasteiger partial charge is 0.486 e. The van der Waals surface area contributed by atoms with Crippen molar-refractivity contribution in [2.75, 3.05) is 0 Å². The zero-order chi connectivity index (χ0) is 13.1. The van der Waals surface area contributed by atoms with Gasteiger partial charge in [0.2, 0.25) is 5.76 Å². The van der Waals surface area contributed by atoms with Gasteiger partial charge >= 0.3 is 5.97 Å². The van der Waals surface area contributed by atoms with E-state index in [0.717, 1.165) is 18.2 Å². The lowest BCUT2D eigenvalue weighted by atomic mass is 10.2. The van der Waals surface area contributed by atoms with Crippen molar-refractivity contribution in [2.24, 2.45) is 0 Å². The Morgan fingerprint density at radius 2 is 2.11 bits per heavy atom. The first-order valence-electron chi connectivity index (χ1n) is 4.95. The minimum absolute atomic E-state index is 0.224. The molecule has 2 aromatic rings. The molecule has 0 aliphatic heterocycles. The van der Waals surface area contributed by atoms with Gasteiger partial charge in [-0.3, -0.25) is 0 Å². The van der Waals surface area contributed by atoms with Crippen LogP contribution in [0, 0.1) is 11.6 Å². The average molecular weight is 254 g/mol. The molecule has 0 saturated heterocycles. The summed E-state index contributed by atoms with van der Waals surface area (Å²) in [4.78, 5) is 10.7. The molecule has 1 aromatic carbocycles. The lowest BCUT2D eigenvalue weighted by Crippen LogP contribution is -2.03. The van der Waals surface area contributed by atoms with Gasteiger partial charge in [-0.15, -0.1) is 0 Å². The van der Waals surface area contributed by atoms with E-state index in [2.05, 4.69) is 0 Å². The van der Waals surface area contributed by atoms with E-state index in [9.17, 15) is 13.6 Å². The van der Waals surface area contributed by atoms with Gasteiger partial charge in [0.15, 0.2) is 11.6 Å². The molecule has 4 nitrogen and oxygen atoms in total. The minimum atomic E-state index is -1.25. The molecular weight excluding hydrogens is 246 g/mol. The molecule has 94 valence electrons. The van der Waals surface area contributed by atoms with Gasteiger partial charge in [-0.1, -0.05) is 0 Å². The highest BCUT2D eigenvalue weighted by atomic mass is 19.1. The number of benzene rings is 1. The Labute approximate surface area is 100 Å². The van der Waals surface area contributed by atoms with E-state index in [0.29, 0.717) is 0 Å². The first-order chi connectivity index (χ1) is 8.58. The molecule has 6 heteroatoms. The zero-order valence-corrected chi connectivity index (χ0v) is 9.02. The molecule has 0 aliphatic carbocycles. The molecule has 0 radical (unpaired) electrons. The maximum absolute atomic E-state index is 13.2. The predicted molar refractivity (Wildman–Crippen MR) is 56.4 cm³/mol. The van der Waals surface area contributed by atoms with E-state index in [1.54, 1.807) is 0 Å². The summed E-state index contributed by atoms with van der Waals surface area (Å²) in [6, 6.07) is 4.16. The van der Waals surface area contributed by atoms with E-state index < -0.39 is 17.6 Å². The molecule has 0 bridgehead atoms. The van der Waals surface area contributed by atoms with E-state index in [-0.39, 0.29) is 23.7 Å². The molecule has 0 amide bonds. The molecule has 1 N–H and O–H groups in total. The van der Waals surface area contributed by atoms with Crippen LogP contribution in [0.4, 0.5) is 8.78 Å². The second kappa shape index (κ2) is 4.87. The quantitative estimate of drug-likeness (QED) is 0.911. The normalized spacial score (nSPS) is 10.3. The maximum Gasteiger partial charge on any atom is 0.372 e. The van der Waals surface area contributed by atoms with Gasteiger partial charge in [-0.05, 0) is 18.2 Å². The third-order valence-electron chi connectivity index (χ3n) is 2.22. The molecule has 0 fully saturated rings. The topological polar surface area (TPSA) is 59.7 Å². The number of carboxylic acids is 1. The monoisotopic (exact) mass is 254 g/mol. The SMILES string of the molecule is O=C(O)c1occc1COc1cc(F)ccc1F. The number of furan rings is 1. The highest BCUT2D eigenvalue weighted by Gasteiger charge is 2.15. The molecule has 0 spiro atoms. The van der Waals surface area contributed by atoms with E-state index >= 15 is 0 Å². The Morgan fingerprint density at radius 3 is 2.83 bits per heavy atom. The summed E-state index contributed by atoms with van der Waals surface area (Å²) in [5, 5.41) is 8.77. The van der Waals surface area contributed by atoms with Crippen molar-refractivity contribution >= 4 is 5.97 Å². The van der Waals surface area contributed by atoms with Crippen LogP contribution in [0.2, 0.25) is 0 Å². The van der Waals surface area contributed by atoms with Crippen LogP contribution < -0.4 is 4.74 Å². The number of hydrogen-bond acceptors (Lipinski definition) is 3. The van der Waals surface area contributed by atoms with Crippen LogP contribution in [0.3, 0.4) is 0 Å². The standard InChI is InChI=1S/C12H8F2O4/c13-8-1-2-9(14)10(5-8)18-6-7-3-4-17-11(7)12(15)16/h1-5H,6H2,(H,15,16). The van der Waals surface area contributed by atoms with Gasteiger partial charge < -0.3 is 14.3 Å². The Balaban J connectivity index is 2.14. The van der Waals surface area contributed by atoms with Crippen molar-refractivity contribution in [2.45, 2.75) is 6.61 Å². The van der Waals surface area contributed by atoms with Crippen LogP contribution in [0.5, 0.6) is 5.75 Å². The predicted octanol–water partition coefficient (Wildman–Crippen LogP) is 2.84. The van der Waals surface area contributed by atoms with Crippen LogP contribution in [0.15, 0.2) is 34.9 Å². The van der Waals surface area contributed by atoms with Gasteiger partial charge in [0.25, 0.3) is 0 Å². The van der Waals surface area contributed by atoms with Gasteiger partial charge in [-0.25, -0.2) is 13.6 Å². The fourth-order valence-electron chi connectivity index (χ4n) is 1.38. The fourth-order valence-corrected chi connectivity index (χ4v) is 1.38. The van der Waals surface area contributed by atoms with Crippen LogP contribution >= 0.6 is 0 Å². The third kappa shape index (κ3) is 2.48. The zero-order valence-electron chi connectivity index (χ0n) is 9.02. The maximum atomic E-state index is 13.2. The lowest BCUT2D eigenvalue weighted by Gasteiger charge is -2.06. The van der Waals surface area contributed by atoms with Crippen molar-refractivity contribution in [3.05, 3.63) is 53.5 Å².